The minimum atomic E-state index is -3.53. The Morgan fingerprint density at radius 2 is 1.88 bits per heavy atom. The predicted molar refractivity (Wildman–Crippen MR) is 294 cm³/mol. The highest BCUT2D eigenvalue weighted by molar-refractivity contribution is 8.07. The average molecular weight is 1090 g/mol. The number of allylic oxidation sites excluding steroid dienone is 1. The Hall–Kier alpha value is -4.38. The van der Waals surface area contributed by atoms with Gasteiger partial charge in [0.2, 0.25) is 21.5 Å². The SMILES string of the molecule is C=CS(=O)(=O)N1CCC2(CCN(C(=O)N(C)[C@H](C(=O)N[Si]3Cc4nc(cs4)-c4ccc5c(c4)c(c(C4=C([C@H](C)OC)N=CCC4C)n5CC)CC(C)(C)COC(=O)[C@@H]4CCCN(NC5S[C@@H]54)C3=O)C(C)C)CC2)C1. The van der Waals surface area contributed by atoms with Gasteiger partial charge in [-0.3, -0.25) is 24.4 Å². The number of methoxy groups -OCH3 is 1. The molecule has 6 atom stereocenters. The summed E-state index contributed by atoms with van der Waals surface area (Å²) < 4.78 is 41.3. The van der Waals surface area contributed by atoms with Gasteiger partial charge in [-0.2, -0.15) is 4.31 Å². The number of piperidine rings is 1. The number of sulfonamides is 1. The number of likely N-dealkylation sites (tertiary alicyclic amines) is 1. The van der Waals surface area contributed by atoms with Crippen molar-refractivity contribution in [3.63, 3.8) is 0 Å². The number of thiazole rings is 1. The Kier molecular flexibility index (Phi) is 15.9. The summed E-state index contributed by atoms with van der Waals surface area (Å²) in [5, 5.41) is 6.23. The van der Waals surface area contributed by atoms with Crippen molar-refractivity contribution in [2.24, 2.45) is 33.6 Å². The first-order chi connectivity index (χ1) is 35.2. The van der Waals surface area contributed by atoms with Gasteiger partial charge in [0.05, 0.1) is 46.1 Å². The molecule has 0 aliphatic carbocycles. The zero-order chi connectivity index (χ0) is 53.0. The lowest BCUT2D eigenvalue weighted by atomic mass is 9.78. The van der Waals surface area contributed by atoms with Crippen LogP contribution in [0.3, 0.4) is 0 Å². The first-order valence-corrected chi connectivity index (χ1v) is 31.3. The van der Waals surface area contributed by atoms with Crippen molar-refractivity contribution >= 4 is 88.2 Å². The second-order valence-electron chi connectivity index (χ2n) is 22.4. The molecule has 4 amide bonds. The highest BCUT2D eigenvalue weighted by Gasteiger charge is 2.51. The van der Waals surface area contributed by atoms with Crippen molar-refractivity contribution in [3.8, 4) is 11.3 Å². The molecule has 21 heteroatoms. The van der Waals surface area contributed by atoms with E-state index in [1.807, 2.05) is 32.4 Å². The molecule has 0 saturated carbocycles. The number of aromatic nitrogens is 2. The van der Waals surface area contributed by atoms with Crippen LogP contribution in [0.2, 0.25) is 0 Å². The average Bonchev–Trinajstić information content (AvgIpc) is 3.62. The van der Waals surface area contributed by atoms with E-state index in [1.54, 1.807) is 35.8 Å². The van der Waals surface area contributed by atoms with Crippen LogP contribution >= 0.6 is 23.1 Å². The molecule has 3 aromatic rings. The summed E-state index contributed by atoms with van der Waals surface area (Å²) >= 11 is 3.09. The lowest BCUT2D eigenvalue weighted by molar-refractivity contribution is -0.152. The van der Waals surface area contributed by atoms with Crippen LogP contribution in [-0.2, 0) is 48.1 Å². The van der Waals surface area contributed by atoms with E-state index in [9.17, 15) is 22.8 Å². The fourth-order valence-corrected chi connectivity index (χ4v) is 17.1. The van der Waals surface area contributed by atoms with Crippen LogP contribution < -0.4 is 10.4 Å². The Bertz CT molecular complexity index is 2860. The number of urea groups is 1. The zero-order valence-corrected chi connectivity index (χ0v) is 47.9. The third-order valence-electron chi connectivity index (χ3n) is 16.2. The molecule has 9 heterocycles. The lowest BCUT2D eigenvalue weighted by Crippen LogP contribution is -2.62. The number of thioether (sulfide) groups is 1. The number of carbonyl (C=O) groups is 4. The van der Waals surface area contributed by atoms with Gasteiger partial charge in [-0.1, -0.05) is 47.3 Å². The number of carbonyl (C=O) groups excluding carboxylic acids is 4. The number of aryl methyl sites for hydroxylation is 1. The highest BCUT2D eigenvalue weighted by Crippen LogP contribution is 2.49. The number of nitrogens with one attached hydrogen (secondary N) is 2. The van der Waals surface area contributed by atoms with Crippen molar-refractivity contribution in [1.82, 2.24) is 39.1 Å². The molecule has 401 valence electrons. The lowest BCUT2D eigenvalue weighted by Gasteiger charge is -2.42. The molecular formula is C53H74N9O8S3Si. The van der Waals surface area contributed by atoms with E-state index >= 15 is 4.79 Å². The second kappa shape index (κ2) is 21.6. The summed E-state index contributed by atoms with van der Waals surface area (Å²) in [6.45, 7) is 21.1. The number of hydrazine groups is 1. The van der Waals surface area contributed by atoms with Gasteiger partial charge in [-0.05, 0) is 93.7 Å². The number of amides is 4. The van der Waals surface area contributed by atoms with Crippen LogP contribution in [0.25, 0.3) is 27.7 Å². The van der Waals surface area contributed by atoms with Gasteiger partial charge in [0.25, 0.3) is 8.96 Å². The minimum absolute atomic E-state index is 0.0740. The third-order valence-corrected chi connectivity index (χ3v) is 22.1. The highest BCUT2D eigenvalue weighted by atomic mass is 32.2. The molecule has 7 aliphatic heterocycles. The number of hydrogen-bond acceptors (Lipinski definition) is 13. The molecule has 7 aliphatic rings. The molecule has 2 unspecified atom stereocenters. The monoisotopic (exact) mass is 1090 g/mol. The van der Waals surface area contributed by atoms with E-state index in [1.165, 1.54) is 26.1 Å². The Labute approximate surface area is 446 Å². The molecule has 1 radical (unpaired) electrons. The van der Waals surface area contributed by atoms with Crippen LogP contribution in [0, 0.1) is 28.6 Å². The number of aliphatic imine (C=N–C) groups is 1. The second-order valence-corrected chi connectivity index (χ2v) is 28.5. The largest absolute Gasteiger partial charge is 0.465 e. The summed E-state index contributed by atoms with van der Waals surface area (Å²) in [6.07, 6.45) is 6.34. The fraction of sp³-hybridized carbons (Fsp3) is 0.623. The number of hydrogen-bond donors (Lipinski definition) is 2. The molecule has 6 bridgehead atoms. The summed E-state index contributed by atoms with van der Waals surface area (Å²) in [7, 11) is -2.62. The quantitative estimate of drug-likeness (QED) is 0.115. The molecular weight excluding hydrogens is 1010 g/mol. The Morgan fingerprint density at radius 3 is 2.58 bits per heavy atom. The number of esters is 1. The summed E-state index contributed by atoms with van der Waals surface area (Å²) in [5.74, 6) is -1.08. The number of benzene rings is 1. The maximum absolute atomic E-state index is 15.0. The fourth-order valence-electron chi connectivity index (χ4n) is 11.9. The van der Waals surface area contributed by atoms with Crippen LogP contribution in [-0.4, -0.2) is 152 Å². The van der Waals surface area contributed by atoms with Gasteiger partial charge in [-0.25, -0.2) is 23.6 Å². The predicted octanol–water partition coefficient (Wildman–Crippen LogP) is 7.65. The van der Waals surface area contributed by atoms with Gasteiger partial charge < -0.3 is 28.8 Å². The summed E-state index contributed by atoms with van der Waals surface area (Å²) in [4.78, 5) is 74.9. The van der Waals surface area contributed by atoms with Gasteiger partial charge >= 0.3 is 12.0 Å². The Morgan fingerprint density at radius 1 is 1.14 bits per heavy atom. The minimum Gasteiger partial charge on any atom is -0.465 e. The molecule has 2 N–H and O–H groups in total. The topological polar surface area (TPSA) is 188 Å². The van der Waals surface area contributed by atoms with Gasteiger partial charge in [0.15, 0.2) is 0 Å². The van der Waals surface area contributed by atoms with Gasteiger partial charge in [-0.15, -0.1) is 23.1 Å². The maximum Gasteiger partial charge on any atom is 0.320 e. The molecule has 2 aromatic heterocycles. The first kappa shape index (κ1) is 54.4. The first-order valence-electron chi connectivity index (χ1n) is 26.3. The van der Waals surface area contributed by atoms with Crippen LogP contribution in [0.15, 0.2) is 46.3 Å². The number of rotatable bonds is 10. The van der Waals surface area contributed by atoms with Crippen LogP contribution in [0.1, 0.15) is 103 Å². The molecule has 1 spiro atoms. The van der Waals surface area contributed by atoms with Gasteiger partial charge in [0, 0.05) is 109 Å². The van der Waals surface area contributed by atoms with Crippen LogP contribution in [0.4, 0.5) is 9.59 Å². The van der Waals surface area contributed by atoms with Crippen molar-refractivity contribution in [1.29, 1.82) is 0 Å². The normalized spacial score (nSPS) is 25.5. The molecule has 10 rings (SSSR count). The summed E-state index contributed by atoms with van der Waals surface area (Å²) in [5.41, 5.74) is 9.73. The summed E-state index contributed by atoms with van der Waals surface area (Å²) in [6, 6.07) is 5.55. The number of ether oxygens (including phenoxy) is 2. The molecule has 4 fully saturated rings. The Balaban J connectivity index is 1.04. The maximum atomic E-state index is 15.0. The standard InChI is InChI=1S/C53H74N9O8S3Si/c1-11-61-40-16-15-35-26-37(40)38(45(61)42-33(5)17-21-54-43(42)34(6)69-10)27-52(7,8)31-70-49(64)36-14-13-22-62(56-48-46(36)72-48)51(66)74(29-41-55-39(35)28-71-41)57-47(63)44(32(3)4)58(9)50(65)59-23-18-53(19-24-59)20-25-60(30-53)73(67,68)12-2/h12,15-16,21,26,28,32-34,36,44,46,48,56H,2,11,13-14,17-20,22-25,27,29-31H2,1,3-10H3,(H,57,63)/t33?,34-,36+,44-,46+,48?/m0/s1. The number of nitrogens with zero attached hydrogens (tertiary/aromatic N) is 7. The smallest absolute Gasteiger partial charge is 0.320 e. The molecule has 4 saturated heterocycles. The number of fused-ring (bicyclic) bond motifs is 8. The van der Waals surface area contributed by atoms with E-state index in [0.717, 1.165) is 68.9 Å². The molecule has 1 aromatic carbocycles. The van der Waals surface area contributed by atoms with E-state index in [2.05, 4.69) is 67.4 Å². The number of likely N-dealkylation sites (N-methyl/N-ethyl adjacent to an activating group) is 1. The van der Waals surface area contributed by atoms with E-state index in [4.69, 9.17) is 19.5 Å². The molecule has 17 nitrogen and oxygen atoms in total. The van der Waals surface area contributed by atoms with Crippen molar-refractivity contribution in [2.75, 3.05) is 53.5 Å². The zero-order valence-electron chi connectivity index (χ0n) is 44.4. The van der Waals surface area contributed by atoms with E-state index < -0.39 is 36.3 Å². The van der Waals surface area contributed by atoms with Gasteiger partial charge in [0.1, 0.15) is 6.04 Å². The third kappa shape index (κ3) is 10.8. The van der Waals surface area contributed by atoms with E-state index in [-0.39, 0.29) is 70.1 Å². The van der Waals surface area contributed by atoms with Crippen molar-refractivity contribution in [2.45, 2.75) is 129 Å². The van der Waals surface area contributed by atoms with E-state index in [0.29, 0.717) is 64.8 Å². The van der Waals surface area contributed by atoms with Crippen LogP contribution in [0.5, 0.6) is 0 Å². The molecule has 74 heavy (non-hydrogen) atoms. The van der Waals surface area contributed by atoms with Crippen molar-refractivity contribution < 1.29 is 37.1 Å². The van der Waals surface area contributed by atoms with Crippen molar-refractivity contribution in [3.05, 3.63) is 57.5 Å².